The maximum Gasteiger partial charge on any atom is 0.416 e. The molecular formula is C24H27F3N4O2. The van der Waals surface area contributed by atoms with Crippen molar-refractivity contribution >= 4 is 23.4 Å². The lowest BCUT2D eigenvalue weighted by Crippen LogP contribution is -2.37. The van der Waals surface area contributed by atoms with Crippen molar-refractivity contribution < 1.29 is 22.7 Å². The molecule has 6 nitrogen and oxygen atoms in total. The van der Waals surface area contributed by atoms with E-state index in [1.165, 1.54) is 12.1 Å². The van der Waals surface area contributed by atoms with E-state index in [1.807, 2.05) is 30.9 Å². The average molecular weight is 461 g/mol. The molecule has 9 heteroatoms. The summed E-state index contributed by atoms with van der Waals surface area (Å²) in [4.78, 5) is 14.8. The number of alkyl halides is 3. The standard InChI is InChI=1S/C24H27F3N4O2/c1-4-7-31-16(2)12-18(17(31)3)13-19(15-28)23(32)29-21-14-20(24(25,26)27)5-6-22(21)30-8-10-33-11-9-30/h5-6,12-14H,4,7-11H2,1-3H3,(H,29,32)/b19-13+. The van der Waals surface area contributed by atoms with Crippen molar-refractivity contribution in [1.82, 2.24) is 4.57 Å². The first-order valence-electron chi connectivity index (χ1n) is 10.8. The minimum absolute atomic E-state index is 0.00864. The van der Waals surface area contributed by atoms with E-state index in [9.17, 15) is 23.2 Å². The number of halogens is 3. The first-order valence-corrected chi connectivity index (χ1v) is 10.8. The molecule has 1 N–H and O–H groups in total. The van der Waals surface area contributed by atoms with Gasteiger partial charge in [0.25, 0.3) is 5.91 Å². The fourth-order valence-electron chi connectivity index (χ4n) is 3.93. The Balaban J connectivity index is 1.95. The van der Waals surface area contributed by atoms with Crippen molar-refractivity contribution in [2.75, 3.05) is 36.5 Å². The summed E-state index contributed by atoms with van der Waals surface area (Å²) in [6.45, 7) is 8.57. The van der Waals surface area contributed by atoms with Gasteiger partial charge in [-0.05, 0) is 56.2 Å². The Hall–Kier alpha value is -3.25. The van der Waals surface area contributed by atoms with E-state index in [0.29, 0.717) is 32.0 Å². The molecule has 3 rings (SSSR count). The highest BCUT2D eigenvalue weighted by Crippen LogP contribution is 2.36. The van der Waals surface area contributed by atoms with Gasteiger partial charge in [0.15, 0.2) is 0 Å². The van der Waals surface area contributed by atoms with Crippen LogP contribution in [-0.2, 0) is 22.3 Å². The van der Waals surface area contributed by atoms with Crippen molar-refractivity contribution in [3.8, 4) is 6.07 Å². The van der Waals surface area contributed by atoms with Crippen LogP contribution >= 0.6 is 0 Å². The number of hydrogen-bond donors (Lipinski definition) is 1. The molecule has 1 aliphatic rings. The third-order valence-corrected chi connectivity index (χ3v) is 5.65. The highest BCUT2D eigenvalue weighted by Gasteiger charge is 2.32. The zero-order valence-electron chi connectivity index (χ0n) is 18.9. The number of carbonyl (C=O) groups excluding carboxylic acids is 1. The lowest BCUT2D eigenvalue weighted by molar-refractivity contribution is -0.137. The molecule has 1 aromatic heterocycles. The maximum atomic E-state index is 13.3. The van der Waals surface area contributed by atoms with E-state index >= 15 is 0 Å². The molecule has 0 unspecified atom stereocenters. The number of morpholine rings is 1. The van der Waals surface area contributed by atoms with Crippen LogP contribution in [0.1, 0.15) is 35.9 Å². The summed E-state index contributed by atoms with van der Waals surface area (Å²) < 4.78 is 47.4. The molecule has 1 aromatic carbocycles. The molecule has 33 heavy (non-hydrogen) atoms. The minimum Gasteiger partial charge on any atom is -0.378 e. The fourth-order valence-corrected chi connectivity index (χ4v) is 3.93. The molecule has 1 saturated heterocycles. The van der Waals surface area contributed by atoms with Gasteiger partial charge in [-0.15, -0.1) is 0 Å². The number of nitrogens with zero attached hydrogens (tertiary/aromatic N) is 3. The summed E-state index contributed by atoms with van der Waals surface area (Å²) in [6.07, 6.45) is -2.15. The number of amides is 1. The van der Waals surface area contributed by atoms with Gasteiger partial charge < -0.3 is 19.5 Å². The van der Waals surface area contributed by atoms with Crippen LogP contribution < -0.4 is 10.2 Å². The summed E-state index contributed by atoms with van der Waals surface area (Å²) in [5.74, 6) is -0.758. The number of hydrogen-bond acceptors (Lipinski definition) is 4. The number of carbonyl (C=O) groups is 1. The van der Waals surface area contributed by atoms with E-state index < -0.39 is 17.6 Å². The Kier molecular flexibility index (Phi) is 7.49. The molecule has 0 atom stereocenters. The Morgan fingerprint density at radius 1 is 1.24 bits per heavy atom. The van der Waals surface area contributed by atoms with Crippen molar-refractivity contribution in [2.24, 2.45) is 0 Å². The van der Waals surface area contributed by atoms with Gasteiger partial charge in [-0.25, -0.2) is 0 Å². The first kappa shape index (κ1) is 24.4. The number of rotatable bonds is 6. The summed E-state index contributed by atoms with van der Waals surface area (Å²) in [5.41, 5.74) is 2.06. The third-order valence-electron chi connectivity index (χ3n) is 5.65. The van der Waals surface area contributed by atoms with E-state index in [2.05, 4.69) is 16.8 Å². The second kappa shape index (κ2) is 10.1. The van der Waals surface area contributed by atoms with Crippen LogP contribution in [0.3, 0.4) is 0 Å². The Labute approximate surface area is 191 Å². The van der Waals surface area contributed by atoms with Gasteiger partial charge in [-0.3, -0.25) is 4.79 Å². The van der Waals surface area contributed by atoms with Crippen LogP contribution in [0.5, 0.6) is 0 Å². The van der Waals surface area contributed by atoms with Gasteiger partial charge in [0.05, 0.1) is 30.2 Å². The molecule has 0 aliphatic carbocycles. The molecule has 1 amide bonds. The lowest BCUT2D eigenvalue weighted by Gasteiger charge is -2.31. The molecule has 0 radical (unpaired) electrons. The van der Waals surface area contributed by atoms with Gasteiger partial charge >= 0.3 is 6.18 Å². The molecule has 2 heterocycles. The van der Waals surface area contributed by atoms with Crippen molar-refractivity contribution in [3.05, 3.63) is 52.4 Å². The summed E-state index contributed by atoms with van der Waals surface area (Å²) in [6, 6.07) is 7.02. The molecule has 2 aromatic rings. The van der Waals surface area contributed by atoms with Gasteiger partial charge in [0.1, 0.15) is 11.6 Å². The summed E-state index contributed by atoms with van der Waals surface area (Å²) >= 11 is 0. The van der Waals surface area contributed by atoms with Crippen LogP contribution in [0.4, 0.5) is 24.5 Å². The van der Waals surface area contributed by atoms with E-state index in [4.69, 9.17) is 4.74 Å². The van der Waals surface area contributed by atoms with E-state index in [1.54, 1.807) is 0 Å². The predicted molar refractivity (Wildman–Crippen MR) is 121 cm³/mol. The molecule has 176 valence electrons. The topological polar surface area (TPSA) is 70.3 Å². The minimum atomic E-state index is -4.56. The Morgan fingerprint density at radius 3 is 2.55 bits per heavy atom. The zero-order valence-corrected chi connectivity index (χ0v) is 18.9. The van der Waals surface area contributed by atoms with Gasteiger partial charge in [-0.2, -0.15) is 18.4 Å². The highest BCUT2D eigenvalue weighted by atomic mass is 19.4. The van der Waals surface area contributed by atoms with Crippen LogP contribution in [0.15, 0.2) is 29.8 Å². The van der Waals surface area contributed by atoms with Crippen LogP contribution in [-0.4, -0.2) is 36.8 Å². The normalized spacial score (nSPS) is 14.8. The summed E-state index contributed by atoms with van der Waals surface area (Å²) in [5, 5.41) is 12.2. The second-order valence-electron chi connectivity index (χ2n) is 7.93. The van der Waals surface area contributed by atoms with E-state index in [-0.39, 0.29) is 11.3 Å². The number of ether oxygens (including phenoxy) is 1. The number of aryl methyl sites for hydroxylation is 1. The highest BCUT2D eigenvalue weighted by molar-refractivity contribution is 6.11. The molecule has 1 aliphatic heterocycles. The third kappa shape index (κ3) is 5.57. The molecular weight excluding hydrogens is 433 g/mol. The quantitative estimate of drug-likeness (QED) is 0.491. The monoisotopic (exact) mass is 460 g/mol. The van der Waals surface area contributed by atoms with Crippen LogP contribution in [0.2, 0.25) is 0 Å². The van der Waals surface area contributed by atoms with Crippen molar-refractivity contribution in [3.63, 3.8) is 0 Å². The maximum absolute atomic E-state index is 13.3. The number of aromatic nitrogens is 1. The van der Waals surface area contributed by atoms with Gasteiger partial charge in [0, 0.05) is 31.0 Å². The Bertz CT molecular complexity index is 1090. The second-order valence-corrected chi connectivity index (χ2v) is 7.93. The number of benzene rings is 1. The summed E-state index contributed by atoms with van der Waals surface area (Å²) in [7, 11) is 0. The van der Waals surface area contributed by atoms with E-state index in [0.717, 1.165) is 42.0 Å². The largest absolute Gasteiger partial charge is 0.416 e. The molecule has 0 spiro atoms. The zero-order chi connectivity index (χ0) is 24.2. The first-order chi connectivity index (χ1) is 15.7. The van der Waals surface area contributed by atoms with Gasteiger partial charge in [0.2, 0.25) is 0 Å². The SMILES string of the molecule is CCCn1c(C)cc(/C=C(\C#N)C(=O)Nc2cc(C(F)(F)F)ccc2N2CCOCC2)c1C. The molecule has 0 bridgehead atoms. The lowest BCUT2D eigenvalue weighted by atomic mass is 10.1. The smallest absolute Gasteiger partial charge is 0.378 e. The Morgan fingerprint density at radius 2 is 1.94 bits per heavy atom. The van der Waals surface area contributed by atoms with Crippen LogP contribution in [0.25, 0.3) is 6.08 Å². The number of anilines is 2. The number of nitriles is 1. The average Bonchev–Trinajstić information content (AvgIpc) is 3.05. The number of nitrogens with one attached hydrogen (secondary N) is 1. The fraction of sp³-hybridized carbons (Fsp3) is 0.417. The van der Waals surface area contributed by atoms with Crippen molar-refractivity contribution in [2.45, 2.75) is 39.9 Å². The predicted octanol–water partition coefficient (Wildman–Crippen LogP) is 4.92. The van der Waals surface area contributed by atoms with Crippen molar-refractivity contribution in [1.29, 1.82) is 5.26 Å². The van der Waals surface area contributed by atoms with Gasteiger partial charge in [-0.1, -0.05) is 6.92 Å². The molecule has 1 fully saturated rings. The van der Waals surface area contributed by atoms with Crippen LogP contribution in [0, 0.1) is 25.2 Å². The molecule has 0 saturated carbocycles.